The molecule has 0 heterocycles. The molecule has 0 aliphatic heterocycles. The Bertz CT molecular complexity index is 2170. The molecule has 0 N–H and O–H groups in total. The van der Waals surface area contributed by atoms with Crippen LogP contribution in [0.3, 0.4) is 0 Å². The number of carbonyl (C=O) groups is 5. The van der Waals surface area contributed by atoms with Gasteiger partial charge in [0.25, 0.3) is 0 Å². The van der Waals surface area contributed by atoms with Crippen molar-refractivity contribution in [2.75, 3.05) is 26.4 Å². The van der Waals surface area contributed by atoms with Crippen LogP contribution in [0.25, 0.3) is 0 Å². The fourth-order valence-electron chi connectivity index (χ4n) is 14.0. The molecule has 0 spiro atoms. The second-order valence-electron chi connectivity index (χ2n) is 29.5. The van der Waals surface area contributed by atoms with Crippen LogP contribution in [0.1, 0.15) is 496 Å². The number of rotatable bonds is 74. The number of hydrogen-bond acceptors (Lipinski definition) is 9. The molecule has 2 rings (SSSR count). The van der Waals surface area contributed by atoms with Crippen molar-refractivity contribution in [3.05, 3.63) is 69.8 Å². The van der Waals surface area contributed by atoms with E-state index in [1.165, 1.54) is 314 Å². The van der Waals surface area contributed by atoms with Gasteiger partial charge in [0.2, 0.25) is 0 Å². The van der Waals surface area contributed by atoms with Crippen LogP contribution in [0.5, 0.6) is 0 Å². The molecule has 9 heteroatoms. The van der Waals surface area contributed by atoms with E-state index in [0.29, 0.717) is 25.7 Å². The first-order chi connectivity index (χ1) is 48.3. The number of ketones is 1. The molecule has 0 aromatic heterocycles. The van der Waals surface area contributed by atoms with Gasteiger partial charge >= 0.3 is 23.9 Å². The molecule has 2 aromatic rings. The lowest BCUT2D eigenvalue weighted by atomic mass is 9.87. The smallest absolute Gasteiger partial charge is 0.339 e. The van der Waals surface area contributed by atoms with Crippen molar-refractivity contribution in [2.24, 2.45) is 0 Å². The van der Waals surface area contributed by atoms with E-state index in [1.54, 1.807) is 30.3 Å². The number of unbranched alkanes of at least 4 members (excludes halogenated alkanes) is 60. The number of esters is 4. The third-order valence-electron chi connectivity index (χ3n) is 20.4. The second kappa shape index (κ2) is 68.7. The van der Waals surface area contributed by atoms with Gasteiger partial charge in [0.1, 0.15) is 0 Å². The van der Waals surface area contributed by atoms with E-state index in [0.717, 1.165) is 77.0 Å². The van der Waals surface area contributed by atoms with E-state index in [2.05, 4.69) is 27.7 Å². The summed E-state index contributed by atoms with van der Waals surface area (Å²) in [7, 11) is 0. The molecular formula is C89H154O9. The maximum Gasteiger partial charge on any atom is 0.339 e. The number of carbonyl (C=O) groups excluding carboxylic acids is 5. The van der Waals surface area contributed by atoms with Gasteiger partial charge in [-0.15, -0.1) is 0 Å². The molecular weight excluding hydrogens is 1210 g/mol. The molecule has 0 unspecified atom stereocenters. The van der Waals surface area contributed by atoms with Gasteiger partial charge in [-0.3, -0.25) is 4.79 Å². The molecule has 0 aliphatic carbocycles. The zero-order valence-corrected chi connectivity index (χ0v) is 64.7. The minimum Gasteiger partial charge on any atom is -0.462 e. The predicted molar refractivity (Wildman–Crippen MR) is 416 cm³/mol. The van der Waals surface area contributed by atoms with E-state index in [-0.39, 0.29) is 48.7 Å². The van der Waals surface area contributed by atoms with E-state index in [1.807, 2.05) is 0 Å². The highest BCUT2D eigenvalue weighted by Gasteiger charge is 2.37. The van der Waals surface area contributed by atoms with Crippen LogP contribution in [-0.4, -0.2) is 56.1 Å². The third-order valence-corrected chi connectivity index (χ3v) is 20.4. The predicted octanol–water partition coefficient (Wildman–Crippen LogP) is 28.6. The van der Waals surface area contributed by atoms with Crippen molar-refractivity contribution in [1.82, 2.24) is 0 Å². The summed E-state index contributed by atoms with van der Waals surface area (Å²) < 4.78 is 24.1. The molecule has 0 fully saturated rings. The fraction of sp³-hybridized carbons (Fsp3) is 0.809. The SMILES string of the molecule is CCCCCCCCCCCCCCCCCCOC(=O)c1cc(C(=O)c2ccccc2)c(C(=O)OCCCCCCCCCCCCCCCCCC)c(C(=O)OCCCCCCCCCCCCCCCCCC)c1C(=O)OCCCCCCCCCCCCCCCCCC. The molecule has 0 saturated carbocycles. The summed E-state index contributed by atoms with van der Waals surface area (Å²) in [5.41, 5.74) is -1.51. The van der Waals surface area contributed by atoms with E-state index in [9.17, 15) is 19.2 Å². The van der Waals surface area contributed by atoms with Crippen LogP contribution in [0, 0.1) is 0 Å². The lowest BCUT2D eigenvalue weighted by molar-refractivity contribution is 0.0414. The van der Waals surface area contributed by atoms with E-state index < -0.39 is 40.8 Å². The normalized spacial score (nSPS) is 11.4. The summed E-state index contributed by atoms with van der Waals surface area (Å²) in [4.78, 5) is 74.4. The summed E-state index contributed by atoms with van der Waals surface area (Å²) in [5.74, 6) is -4.27. The first kappa shape index (κ1) is 90.1. The van der Waals surface area contributed by atoms with Crippen LogP contribution in [0.15, 0.2) is 36.4 Å². The Morgan fingerprint density at radius 1 is 0.214 bits per heavy atom. The zero-order chi connectivity index (χ0) is 70.5. The Balaban J connectivity index is 2.31. The maximum atomic E-state index is 15.0. The van der Waals surface area contributed by atoms with E-state index in [4.69, 9.17) is 18.9 Å². The zero-order valence-electron chi connectivity index (χ0n) is 64.7. The van der Waals surface area contributed by atoms with Gasteiger partial charge in [-0.25, -0.2) is 19.2 Å². The Hall–Kier alpha value is -4.01. The second-order valence-corrected chi connectivity index (χ2v) is 29.5. The van der Waals surface area contributed by atoms with Crippen LogP contribution in [0.2, 0.25) is 0 Å². The largest absolute Gasteiger partial charge is 0.462 e. The van der Waals surface area contributed by atoms with Crippen molar-refractivity contribution in [2.45, 2.75) is 439 Å². The molecule has 2 aromatic carbocycles. The standard InChI is InChI=1S/C89H154O9/c1-5-9-13-17-21-25-29-33-37-41-45-49-53-57-61-68-74-95-86(91)81-78-80(85(90)79-72-66-65-67-73-79)82(87(92)96-75-69-62-58-54-50-46-42-38-34-30-26-22-18-14-10-6-2)84(89(94)98-77-71-64-60-56-52-48-44-40-36-32-28-24-20-16-12-8-4)83(81)88(93)97-76-70-63-59-55-51-47-43-39-35-31-27-23-19-15-11-7-3/h65-67,72-73,78H,5-64,68-71,74-77H2,1-4H3. The molecule has 98 heavy (non-hydrogen) atoms. The van der Waals surface area contributed by atoms with Crippen molar-refractivity contribution in [1.29, 1.82) is 0 Å². The topological polar surface area (TPSA) is 122 Å². The lowest BCUT2D eigenvalue weighted by Gasteiger charge is -2.20. The molecule has 0 bridgehead atoms. The first-order valence-corrected chi connectivity index (χ1v) is 42.8. The number of benzene rings is 2. The van der Waals surface area contributed by atoms with Crippen molar-refractivity contribution >= 4 is 29.7 Å². The van der Waals surface area contributed by atoms with Crippen LogP contribution in [-0.2, 0) is 18.9 Å². The molecule has 0 aliphatic rings. The van der Waals surface area contributed by atoms with Gasteiger partial charge in [0, 0.05) is 11.1 Å². The van der Waals surface area contributed by atoms with E-state index >= 15 is 4.79 Å². The summed E-state index contributed by atoms with van der Waals surface area (Å²) in [6, 6.07) is 9.80. The molecule has 9 nitrogen and oxygen atoms in total. The average Bonchev–Trinajstić information content (AvgIpc) is 0.752. The molecule has 0 radical (unpaired) electrons. The van der Waals surface area contributed by atoms with Gasteiger partial charge < -0.3 is 18.9 Å². The van der Waals surface area contributed by atoms with Crippen LogP contribution in [0.4, 0.5) is 0 Å². The molecule has 0 atom stereocenters. The summed E-state index contributed by atoms with van der Waals surface area (Å²) in [6.07, 6.45) is 77.4. The highest BCUT2D eigenvalue weighted by Crippen LogP contribution is 2.31. The molecule has 0 amide bonds. The van der Waals surface area contributed by atoms with Gasteiger partial charge in [-0.05, 0) is 31.7 Å². The Morgan fingerprint density at radius 3 is 0.622 bits per heavy atom. The molecule has 564 valence electrons. The van der Waals surface area contributed by atoms with Crippen molar-refractivity contribution in [3.8, 4) is 0 Å². The average molecular weight is 1370 g/mol. The highest BCUT2D eigenvalue weighted by atomic mass is 16.5. The minimum absolute atomic E-state index is 0.0362. The quantitative estimate of drug-likeness (QED) is 0.0276. The van der Waals surface area contributed by atoms with Crippen molar-refractivity contribution < 1.29 is 42.9 Å². The number of ether oxygens (including phenoxy) is 4. The number of hydrogen-bond donors (Lipinski definition) is 0. The van der Waals surface area contributed by atoms with Gasteiger partial charge in [-0.2, -0.15) is 0 Å². The van der Waals surface area contributed by atoms with Gasteiger partial charge in [0.05, 0.1) is 48.7 Å². The van der Waals surface area contributed by atoms with Gasteiger partial charge in [-0.1, -0.05) is 443 Å². The van der Waals surface area contributed by atoms with Crippen LogP contribution < -0.4 is 0 Å². The molecule has 0 saturated heterocycles. The summed E-state index contributed by atoms with van der Waals surface area (Å²) >= 11 is 0. The lowest BCUT2D eigenvalue weighted by Crippen LogP contribution is -2.27. The third kappa shape index (κ3) is 49.5. The Labute approximate surface area is 604 Å². The Morgan fingerprint density at radius 2 is 0.398 bits per heavy atom. The van der Waals surface area contributed by atoms with Gasteiger partial charge in [0.15, 0.2) is 5.78 Å². The Kier molecular flexibility index (Phi) is 63.2. The first-order valence-electron chi connectivity index (χ1n) is 42.8. The monoisotopic (exact) mass is 1370 g/mol. The fourth-order valence-corrected chi connectivity index (χ4v) is 14.0. The van der Waals surface area contributed by atoms with Crippen LogP contribution >= 0.6 is 0 Å². The summed E-state index contributed by atoms with van der Waals surface area (Å²) in [6.45, 7) is 9.33. The maximum absolute atomic E-state index is 15.0. The van der Waals surface area contributed by atoms with Crippen molar-refractivity contribution in [3.63, 3.8) is 0 Å². The summed E-state index contributed by atoms with van der Waals surface area (Å²) in [5, 5.41) is 0. The minimum atomic E-state index is -0.968. The highest BCUT2D eigenvalue weighted by molar-refractivity contribution is 6.22.